The van der Waals surface area contributed by atoms with E-state index >= 15 is 0 Å². The van der Waals surface area contributed by atoms with Crippen molar-refractivity contribution in [2.75, 3.05) is 22.7 Å². The fraction of sp³-hybridized carbons (Fsp3) is 0.294. The van der Waals surface area contributed by atoms with Gasteiger partial charge in [-0.2, -0.15) is 0 Å². The topological polar surface area (TPSA) is 49.4 Å². The molecule has 6 heteroatoms. The van der Waals surface area contributed by atoms with Gasteiger partial charge in [-0.15, -0.1) is 0 Å². The first kappa shape index (κ1) is 16.3. The highest BCUT2D eigenvalue weighted by molar-refractivity contribution is 9.10. The van der Waals surface area contributed by atoms with Crippen LogP contribution in [0.5, 0.6) is 0 Å². The molecule has 1 aliphatic rings. The molecular weight excluding hydrogens is 376 g/mol. The van der Waals surface area contributed by atoms with E-state index in [9.17, 15) is 8.42 Å². The van der Waals surface area contributed by atoms with Crippen molar-refractivity contribution in [3.05, 3.63) is 52.5 Å². The first-order valence-corrected chi connectivity index (χ1v) is 9.87. The number of halogens is 1. The molecule has 122 valence electrons. The smallest absolute Gasteiger partial charge is 0.261 e. The summed E-state index contributed by atoms with van der Waals surface area (Å²) in [6, 6.07) is 12.5. The monoisotopic (exact) mass is 394 g/mol. The molecule has 1 fully saturated rings. The molecule has 0 unspecified atom stereocenters. The average Bonchev–Trinajstić information content (AvgIpc) is 3.03. The van der Waals surface area contributed by atoms with Crippen LogP contribution in [0.3, 0.4) is 0 Å². The van der Waals surface area contributed by atoms with Crippen LogP contribution in [0.25, 0.3) is 0 Å². The lowest BCUT2D eigenvalue weighted by molar-refractivity contribution is 0.601. The van der Waals surface area contributed by atoms with E-state index in [0.717, 1.165) is 41.7 Å². The van der Waals surface area contributed by atoms with E-state index in [2.05, 4.69) is 25.6 Å². The summed E-state index contributed by atoms with van der Waals surface area (Å²) in [4.78, 5) is 2.50. The SMILES string of the molecule is Cc1ccc(S(=O)(=O)Nc2ccc(Br)cc2N2CCCC2)cc1. The van der Waals surface area contributed by atoms with E-state index in [1.807, 2.05) is 25.1 Å². The Morgan fingerprint density at radius 1 is 1.04 bits per heavy atom. The van der Waals surface area contributed by atoms with Gasteiger partial charge < -0.3 is 4.90 Å². The largest absolute Gasteiger partial charge is 0.370 e. The van der Waals surface area contributed by atoms with Gasteiger partial charge in [0, 0.05) is 17.6 Å². The number of sulfonamides is 1. The molecule has 0 amide bonds. The van der Waals surface area contributed by atoms with Crippen LogP contribution in [0.2, 0.25) is 0 Å². The Morgan fingerprint density at radius 2 is 1.70 bits per heavy atom. The molecule has 0 bridgehead atoms. The summed E-state index contributed by atoms with van der Waals surface area (Å²) in [5.74, 6) is 0. The molecule has 23 heavy (non-hydrogen) atoms. The molecule has 0 aromatic heterocycles. The van der Waals surface area contributed by atoms with E-state index in [0.29, 0.717) is 5.69 Å². The number of nitrogens with one attached hydrogen (secondary N) is 1. The number of nitrogens with zero attached hydrogens (tertiary/aromatic N) is 1. The summed E-state index contributed by atoms with van der Waals surface area (Å²) in [6.45, 7) is 3.84. The molecule has 2 aromatic carbocycles. The first-order valence-electron chi connectivity index (χ1n) is 7.60. The molecular formula is C17H19BrN2O2S. The molecule has 4 nitrogen and oxygen atoms in total. The zero-order chi connectivity index (χ0) is 16.4. The van der Waals surface area contributed by atoms with Crippen molar-refractivity contribution in [2.45, 2.75) is 24.7 Å². The van der Waals surface area contributed by atoms with Crippen LogP contribution in [-0.2, 0) is 10.0 Å². The highest BCUT2D eigenvalue weighted by atomic mass is 79.9. The van der Waals surface area contributed by atoms with E-state index in [-0.39, 0.29) is 4.90 Å². The minimum absolute atomic E-state index is 0.276. The number of benzene rings is 2. The zero-order valence-corrected chi connectivity index (χ0v) is 15.3. The van der Waals surface area contributed by atoms with Gasteiger partial charge in [0.15, 0.2) is 0 Å². The highest BCUT2D eigenvalue weighted by Gasteiger charge is 2.20. The van der Waals surface area contributed by atoms with Crippen LogP contribution in [-0.4, -0.2) is 21.5 Å². The maximum atomic E-state index is 12.6. The normalized spacial score (nSPS) is 15.0. The van der Waals surface area contributed by atoms with Gasteiger partial charge >= 0.3 is 0 Å². The summed E-state index contributed by atoms with van der Waals surface area (Å²) in [5, 5.41) is 0. The van der Waals surface area contributed by atoms with Crippen molar-refractivity contribution >= 4 is 37.3 Å². The number of anilines is 2. The van der Waals surface area contributed by atoms with Crippen molar-refractivity contribution < 1.29 is 8.42 Å². The van der Waals surface area contributed by atoms with Crippen LogP contribution >= 0.6 is 15.9 Å². The van der Waals surface area contributed by atoms with Crippen molar-refractivity contribution in [1.82, 2.24) is 0 Å². The molecule has 0 atom stereocenters. The number of rotatable bonds is 4. The zero-order valence-electron chi connectivity index (χ0n) is 12.9. The van der Waals surface area contributed by atoms with Crippen LogP contribution in [0, 0.1) is 6.92 Å². The Balaban J connectivity index is 1.94. The standard InChI is InChI=1S/C17H19BrN2O2S/c1-13-4-7-15(8-5-13)23(21,22)19-16-9-6-14(18)12-17(16)20-10-2-3-11-20/h4-9,12,19H,2-3,10-11H2,1H3. The Hall–Kier alpha value is -1.53. The van der Waals surface area contributed by atoms with Gasteiger partial charge in [0.2, 0.25) is 0 Å². The van der Waals surface area contributed by atoms with Crippen LogP contribution in [0.1, 0.15) is 18.4 Å². The van der Waals surface area contributed by atoms with Gasteiger partial charge in [0.05, 0.1) is 16.3 Å². The minimum atomic E-state index is -3.59. The van der Waals surface area contributed by atoms with E-state index in [4.69, 9.17) is 0 Å². The number of hydrogen-bond acceptors (Lipinski definition) is 3. The van der Waals surface area contributed by atoms with E-state index in [1.165, 1.54) is 0 Å². The Kier molecular flexibility index (Phi) is 4.64. The third-order valence-corrected chi connectivity index (χ3v) is 5.86. The molecule has 3 rings (SSSR count). The quantitative estimate of drug-likeness (QED) is 0.846. The lowest BCUT2D eigenvalue weighted by Gasteiger charge is -2.22. The van der Waals surface area contributed by atoms with Gasteiger partial charge in [-0.1, -0.05) is 33.6 Å². The Morgan fingerprint density at radius 3 is 2.35 bits per heavy atom. The van der Waals surface area contributed by atoms with Gasteiger partial charge in [-0.25, -0.2) is 8.42 Å². The average molecular weight is 395 g/mol. The second-order valence-electron chi connectivity index (χ2n) is 5.77. The molecule has 0 spiro atoms. The summed E-state index contributed by atoms with van der Waals surface area (Å²) in [6.07, 6.45) is 2.27. The first-order chi connectivity index (χ1) is 11.0. The molecule has 1 saturated heterocycles. The molecule has 2 aromatic rings. The predicted octanol–water partition coefficient (Wildman–Crippen LogP) is 4.16. The summed E-state index contributed by atoms with van der Waals surface area (Å²) >= 11 is 3.47. The molecule has 1 aliphatic heterocycles. The van der Waals surface area contributed by atoms with E-state index < -0.39 is 10.0 Å². The van der Waals surface area contributed by atoms with Crippen molar-refractivity contribution in [1.29, 1.82) is 0 Å². The Labute approximate surface area is 145 Å². The highest BCUT2D eigenvalue weighted by Crippen LogP contribution is 2.33. The maximum absolute atomic E-state index is 12.6. The molecule has 1 heterocycles. The van der Waals surface area contributed by atoms with Gasteiger partial charge in [-0.05, 0) is 50.1 Å². The maximum Gasteiger partial charge on any atom is 0.261 e. The van der Waals surface area contributed by atoms with Crippen molar-refractivity contribution in [3.63, 3.8) is 0 Å². The number of hydrogen-bond donors (Lipinski definition) is 1. The van der Waals surface area contributed by atoms with Gasteiger partial charge in [-0.3, -0.25) is 4.72 Å². The van der Waals surface area contributed by atoms with Crippen molar-refractivity contribution in [2.24, 2.45) is 0 Å². The molecule has 1 N–H and O–H groups in total. The fourth-order valence-corrected chi connectivity index (χ4v) is 4.16. The lowest BCUT2D eigenvalue weighted by atomic mass is 10.2. The summed E-state index contributed by atoms with van der Waals surface area (Å²) in [5.41, 5.74) is 2.58. The second-order valence-corrected chi connectivity index (χ2v) is 8.37. The van der Waals surface area contributed by atoms with Crippen LogP contribution in [0.15, 0.2) is 51.8 Å². The van der Waals surface area contributed by atoms with Crippen molar-refractivity contribution in [3.8, 4) is 0 Å². The summed E-state index contributed by atoms with van der Waals surface area (Å²) in [7, 11) is -3.59. The molecule has 0 aliphatic carbocycles. The Bertz CT molecular complexity index is 798. The molecule has 0 radical (unpaired) electrons. The minimum Gasteiger partial charge on any atom is -0.370 e. The third-order valence-electron chi connectivity index (χ3n) is 3.98. The van der Waals surface area contributed by atoms with Gasteiger partial charge in [0.1, 0.15) is 0 Å². The van der Waals surface area contributed by atoms with E-state index in [1.54, 1.807) is 24.3 Å². The third kappa shape index (κ3) is 3.70. The lowest BCUT2D eigenvalue weighted by Crippen LogP contribution is -2.21. The second kappa shape index (κ2) is 6.53. The van der Waals surface area contributed by atoms with Crippen LogP contribution < -0.4 is 9.62 Å². The van der Waals surface area contributed by atoms with Crippen LogP contribution in [0.4, 0.5) is 11.4 Å². The molecule has 0 saturated carbocycles. The fourth-order valence-electron chi connectivity index (χ4n) is 2.73. The van der Waals surface area contributed by atoms with Gasteiger partial charge in [0.25, 0.3) is 10.0 Å². The number of aryl methyl sites for hydroxylation is 1. The summed E-state index contributed by atoms with van der Waals surface area (Å²) < 4.78 is 28.9. The predicted molar refractivity (Wildman–Crippen MR) is 97.6 cm³/mol.